The molecule has 0 aliphatic carbocycles. The molecule has 2 aromatic carbocycles. The largest absolute Gasteiger partial charge is 0.464 e. The van der Waals surface area contributed by atoms with E-state index in [1.165, 1.54) is 7.11 Å². The van der Waals surface area contributed by atoms with Crippen molar-refractivity contribution in [1.82, 2.24) is 5.43 Å². The fraction of sp³-hybridized carbons (Fsp3) is 0.158. The van der Waals surface area contributed by atoms with Gasteiger partial charge in [0.2, 0.25) is 5.91 Å². The molecule has 1 fully saturated rings. The fourth-order valence-electron chi connectivity index (χ4n) is 3.56. The minimum Gasteiger partial charge on any atom is -0.464 e. The second-order valence-electron chi connectivity index (χ2n) is 6.31. The van der Waals surface area contributed by atoms with Crippen LogP contribution < -0.4 is 10.3 Å². The number of rotatable bonds is 3. The summed E-state index contributed by atoms with van der Waals surface area (Å²) in [6, 6.07) is 13.3. The summed E-state index contributed by atoms with van der Waals surface area (Å²) in [7, 11) is 1.19. The van der Waals surface area contributed by atoms with E-state index in [4.69, 9.17) is 16.3 Å². The molecule has 0 radical (unpaired) electrons. The molecule has 2 amide bonds. The van der Waals surface area contributed by atoms with E-state index in [0.717, 1.165) is 4.90 Å². The lowest BCUT2D eigenvalue weighted by Crippen LogP contribution is -2.48. The summed E-state index contributed by atoms with van der Waals surface area (Å²) < 4.78 is 5.47. The SMILES string of the molecule is COC(=O)C1=NNC2(c3ccc(Cl)cc3)C(=O)N(c3cccc(Br)c3)C(=O)C12. The molecule has 2 aliphatic heterocycles. The van der Waals surface area contributed by atoms with Crippen molar-refractivity contribution in [2.75, 3.05) is 12.0 Å². The van der Waals surface area contributed by atoms with Gasteiger partial charge in [0, 0.05) is 9.50 Å². The number of hydrogen-bond acceptors (Lipinski definition) is 6. The van der Waals surface area contributed by atoms with Gasteiger partial charge in [0.15, 0.2) is 11.3 Å². The summed E-state index contributed by atoms with van der Waals surface area (Å²) in [6.07, 6.45) is 0. The van der Waals surface area contributed by atoms with Gasteiger partial charge < -0.3 is 4.74 Å². The highest BCUT2D eigenvalue weighted by atomic mass is 79.9. The summed E-state index contributed by atoms with van der Waals surface area (Å²) in [6.45, 7) is 0. The molecular weight excluding hydrogens is 450 g/mol. The maximum absolute atomic E-state index is 13.5. The van der Waals surface area contributed by atoms with Crippen LogP contribution in [0, 0.1) is 5.92 Å². The van der Waals surface area contributed by atoms with Gasteiger partial charge >= 0.3 is 5.97 Å². The standard InChI is InChI=1S/C19H13BrClN3O4/c1-28-17(26)15-14-16(25)24(13-4-2-3-11(20)9-13)18(27)19(14,23-22-15)10-5-7-12(21)8-6-10/h2-9,14,23H,1H3. The topological polar surface area (TPSA) is 88.1 Å². The Morgan fingerprint density at radius 1 is 1.25 bits per heavy atom. The van der Waals surface area contributed by atoms with Crippen LogP contribution in [0.15, 0.2) is 58.1 Å². The smallest absolute Gasteiger partial charge is 0.355 e. The minimum atomic E-state index is -1.55. The monoisotopic (exact) mass is 461 g/mol. The first-order valence-electron chi connectivity index (χ1n) is 8.23. The zero-order valence-corrected chi connectivity index (χ0v) is 16.8. The molecule has 28 heavy (non-hydrogen) atoms. The number of esters is 1. The molecule has 2 unspecified atom stereocenters. The summed E-state index contributed by atoms with van der Waals surface area (Å²) in [4.78, 5) is 40.2. The van der Waals surface area contributed by atoms with Crippen molar-refractivity contribution >= 4 is 56.7 Å². The number of carbonyl (C=O) groups excluding carboxylic acids is 3. The zero-order valence-electron chi connectivity index (χ0n) is 14.5. The van der Waals surface area contributed by atoms with Crippen LogP contribution >= 0.6 is 27.5 Å². The molecule has 1 N–H and O–H groups in total. The number of nitrogens with zero attached hydrogens (tertiary/aromatic N) is 2. The summed E-state index contributed by atoms with van der Waals surface area (Å²) in [5, 5.41) is 4.47. The van der Waals surface area contributed by atoms with E-state index in [0.29, 0.717) is 20.7 Å². The highest BCUT2D eigenvalue weighted by molar-refractivity contribution is 9.10. The van der Waals surface area contributed by atoms with E-state index in [9.17, 15) is 14.4 Å². The minimum absolute atomic E-state index is 0.145. The summed E-state index contributed by atoms with van der Waals surface area (Å²) in [5.74, 6) is -3.03. The zero-order chi connectivity index (χ0) is 20.1. The van der Waals surface area contributed by atoms with Crippen LogP contribution in [0.25, 0.3) is 0 Å². The van der Waals surface area contributed by atoms with Crippen molar-refractivity contribution in [2.45, 2.75) is 5.54 Å². The molecule has 0 spiro atoms. The van der Waals surface area contributed by atoms with Crippen molar-refractivity contribution in [1.29, 1.82) is 0 Å². The number of hydrazone groups is 1. The second-order valence-corrected chi connectivity index (χ2v) is 7.66. The first-order chi connectivity index (χ1) is 13.4. The number of halogens is 2. The number of amides is 2. The Labute approximate surface area is 173 Å². The Morgan fingerprint density at radius 2 is 1.96 bits per heavy atom. The molecule has 7 nitrogen and oxygen atoms in total. The van der Waals surface area contributed by atoms with Crippen LogP contribution in [0.4, 0.5) is 5.69 Å². The van der Waals surface area contributed by atoms with Gasteiger partial charge in [-0.1, -0.05) is 45.7 Å². The Kier molecular flexibility index (Phi) is 4.47. The maximum atomic E-state index is 13.5. The molecule has 0 saturated carbocycles. The van der Waals surface area contributed by atoms with Crippen LogP contribution in [0.2, 0.25) is 5.02 Å². The van der Waals surface area contributed by atoms with Gasteiger partial charge in [0.25, 0.3) is 5.91 Å². The molecule has 9 heteroatoms. The van der Waals surface area contributed by atoms with Gasteiger partial charge in [-0.15, -0.1) is 0 Å². The third-order valence-corrected chi connectivity index (χ3v) is 5.57. The Bertz CT molecular complexity index is 1040. The number of hydrogen-bond donors (Lipinski definition) is 1. The predicted octanol–water partition coefficient (Wildman–Crippen LogP) is 2.62. The number of methoxy groups -OCH3 is 1. The molecule has 1 saturated heterocycles. The Morgan fingerprint density at radius 3 is 2.61 bits per heavy atom. The van der Waals surface area contributed by atoms with Crippen molar-refractivity contribution < 1.29 is 19.1 Å². The summed E-state index contributed by atoms with van der Waals surface area (Å²) in [5.41, 5.74) is 1.91. The summed E-state index contributed by atoms with van der Waals surface area (Å²) >= 11 is 9.32. The average Bonchev–Trinajstić information content (AvgIpc) is 3.18. The molecule has 2 atom stereocenters. The van der Waals surface area contributed by atoms with Gasteiger partial charge in [0.05, 0.1) is 12.8 Å². The van der Waals surface area contributed by atoms with Crippen LogP contribution in [-0.2, 0) is 24.7 Å². The van der Waals surface area contributed by atoms with Crippen LogP contribution in [0.5, 0.6) is 0 Å². The van der Waals surface area contributed by atoms with Crippen LogP contribution in [-0.4, -0.2) is 30.6 Å². The van der Waals surface area contributed by atoms with E-state index in [1.54, 1.807) is 48.5 Å². The third kappa shape index (κ3) is 2.56. The molecule has 2 heterocycles. The van der Waals surface area contributed by atoms with Crippen molar-refractivity contribution in [3.63, 3.8) is 0 Å². The lowest BCUT2D eigenvalue weighted by Gasteiger charge is -2.26. The van der Waals surface area contributed by atoms with Gasteiger partial charge in [-0.05, 0) is 35.9 Å². The first kappa shape index (κ1) is 18.6. The van der Waals surface area contributed by atoms with Crippen molar-refractivity contribution in [3.8, 4) is 0 Å². The molecular formula is C19H13BrClN3O4. The number of imide groups is 1. The number of benzene rings is 2. The van der Waals surface area contributed by atoms with Crippen molar-refractivity contribution in [3.05, 3.63) is 63.6 Å². The molecule has 0 aromatic heterocycles. The molecule has 4 rings (SSSR count). The number of nitrogens with one attached hydrogen (secondary N) is 1. The quantitative estimate of drug-likeness (QED) is 0.560. The third-order valence-electron chi connectivity index (χ3n) is 4.83. The van der Waals surface area contributed by atoms with Gasteiger partial charge in [-0.25, -0.2) is 9.69 Å². The normalized spacial score (nSPS) is 23.3. The highest BCUT2D eigenvalue weighted by Gasteiger charge is 2.67. The second kappa shape index (κ2) is 6.72. The lowest BCUT2D eigenvalue weighted by atomic mass is 9.79. The fourth-order valence-corrected chi connectivity index (χ4v) is 4.07. The number of anilines is 1. The molecule has 2 aromatic rings. The first-order valence-corrected chi connectivity index (χ1v) is 9.40. The van der Waals surface area contributed by atoms with E-state index < -0.39 is 29.2 Å². The maximum Gasteiger partial charge on any atom is 0.355 e. The number of fused-ring (bicyclic) bond motifs is 1. The van der Waals surface area contributed by atoms with E-state index in [1.807, 2.05) is 0 Å². The average molecular weight is 463 g/mol. The van der Waals surface area contributed by atoms with Gasteiger partial charge in [-0.3, -0.25) is 15.0 Å². The Hall–Kier alpha value is -2.71. The van der Waals surface area contributed by atoms with Crippen LogP contribution in [0.3, 0.4) is 0 Å². The predicted molar refractivity (Wildman–Crippen MR) is 106 cm³/mol. The Balaban J connectivity index is 1.90. The van der Waals surface area contributed by atoms with Gasteiger partial charge in [0.1, 0.15) is 5.92 Å². The van der Waals surface area contributed by atoms with Gasteiger partial charge in [-0.2, -0.15) is 5.10 Å². The number of carbonyl (C=O) groups is 3. The van der Waals surface area contributed by atoms with E-state index in [2.05, 4.69) is 26.5 Å². The molecule has 0 bridgehead atoms. The van der Waals surface area contributed by atoms with Crippen molar-refractivity contribution in [2.24, 2.45) is 11.0 Å². The lowest BCUT2D eigenvalue weighted by molar-refractivity contribution is -0.133. The molecule has 2 aliphatic rings. The molecule has 142 valence electrons. The highest BCUT2D eigenvalue weighted by Crippen LogP contribution is 2.45. The number of ether oxygens (including phenoxy) is 1. The van der Waals surface area contributed by atoms with E-state index in [-0.39, 0.29) is 5.71 Å². The van der Waals surface area contributed by atoms with E-state index >= 15 is 0 Å². The van der Waals surface area contributed by atoms with Crippen LogP contribution in [0.1, 0.15) is 5.56 Å².